The van der Waals surface area contributed by atoms with Crippen LogP contribution in [0.15, 0.2) is 53.4 Å². The fraction of sp³-hybridized carbons (Fsp3) is 0.227. The summed E-state index contributed by atoms with van der Waals surface area (Å²) in [5.74, 6) is 0.561. The molecule has 3 aromatic heterocycles. The fourth-order valence-electron chi connectivity index (χ4n) is 3.35. The first-order chi connectivity index (χ1) is 15.6. The Morgan fingerprint density at radius 1 is 1.25 bits per heavy atom. The summed E-state index contributed by atoms with van der Waals surface area (Å²) < 4.78 is 20.9. The van der Waals surface area contributed by atoms with E-state index in [4.69, 9.17) is 4.52 Å². The second kappa shape index (κ2) is 8.22. The summed E-state index contributed by atoms with van der Waals surface area (Å²) in [5, 5.41) is 14.4. The van der Waals surface area contributed by atoms with Crippen molar-refractivity contribution in [1.82, 2.24) is 24.9 Å². The summed E-state index contributed by atoms with van der Waals surface area (Å²) in [6, 6.07) is 10.0. The maximum atomic E-state index is 14.2. The van der Waals surface area contributed by atoms with Gasteiger partial charge in [-0.1, -0.05) is 23.4 Å². The molecule has 3 heterocycles. The van der Waals surface area contributed by atoms with Crippen molar-refractivity contribution in [2.45, 2.75) is 19.4 Å². The number of nitrogens with one attached hydrogen (secondary N) is 2. The van der Waals surface area contributed by atoms with E-state index in [1.165, 1.54) is 12.3 Å². The zero-order valence-electron chi connectivity index (χ0n) is 17.2. The first-order valence-electron chi connectivity index (χ1n) is 10.2. The van der Waals surface area contributed by atoms with Gasteiger partial charge in [0.1, 0.15) is 29.2 Å². The van der Waals surface area contributed by atoms with Gasteiger partial charge in [0, 0.05) is 24.6 Å². The van der Waals surface area contributed by atoms with Crippen LogP contribution >= 0.6 is 0 Å². The van der Waals surface area contributed by atoms with Crippen molar-refractivity contribution in [1.29, 1.82) is 0 Å². The van der Waals surface area contributed by atoms with Crippen LogP contribution in [0, 0.1) is 11.7 Å². The molecule has 1 aliphatic rings. The number of benzene rings is 1. The molecular weight excluding hydrogens is 413 g/mol. The molecule has 0 unspecified atom stereocenters. The molecule has 5 rings (SSSR count). The topological polar surface area (TPSA) is 111 Å². The molecule has 0 radical (unpaired) electrons. The van der Waals surface area contributed by atoms with E-state index in [0.29, 0.717) is 40.0 Å². The number of amides is 1. The Balaban J connectivity index is 1.50. The predicted molar refractivity (Wildman–Crippen MR) is 115 cm³/mol. The van der Waals surface area contributed by atoms with Crippen molar-refractivity contribution in [2.24, 2.45) is 5.92 Å². The summed E-state index contributed by atoms with van der Waals surface area (Å²) in [6.07, 6.45) is 4.83. The minimum absolute atomic E-state index is 0.0275. The van der Waals surface area contributed by atoms with Crippen LogP contribution in [0.1, 0.15) is 18.4 Å². The Kier molecular flexibility index (Phi) is 5.10. The lowest BCUT2D eigenvalue weighted by Crippen LogP contribution is -2.15. The summed E-state index contributed by atoms with van der Waals surface area (Å²) in [6.45, 7) is 0.198. The van der Waals surface area contributed by atoms with Crippen molar-refractivity contribution in [3.05, 3.63) is 60.2 Å². The van der Waals surface area contributed by atoms with Crippen LogP contribution in [0.5, 0.6) is 0 Å². The van der Waals surface area contributed by atoms with Crippen molar-refractivity contribution < 1.29 is 13.7 Å². The maximum absolute atomic E-state index is 14.2. The molecule has 1 saturated carbocycles. The van der Waals surface area contributed by atoms with E-state index >= 15 is 0 Å². The summed E-state index contributed by atoms with van der Waals surface area (Å²) >= 11 is 0. The van der Waals surface area contributed by atoms with Gasteiger partial charge in [0.2, 0.25) is 5.91 Å². The molecule has 162 valence electrons. The van der Waals surface area contributed by atoms with E-state index in [9.17, 15) is 9.18 Å². The first-order valence-corrected chi connectivity index (χ1v) is 10.2. The second-order valence-electron chi connectivity index (χ2n) is 7.52. The van der Waals surface area contributed by atoms with Gasteiger partial charge in [-0.25, -0.2) is 14.4 Å². The van der Waals surface area contributed by atoms with Crippen LogP contribution in [0.4, 0.5) is 15.9 Å². The predicted octanol–water partition coefficient (Wildman–Crippen LogP) is 3.57. The molecule has 1 aliphatic carbocycles. The number of anilines is 2. The highest BCUT2D eigenvalue weighted by atomic mass is 19.1. The van der Waals surface area contributed by atoms with Crippen LogP contribution < -0.4 is 10.6 Å². The van der Waals surface area contributed by atoms with Gasteiger partial charge in [-0.05, 0) is 25.0 Å². The van der Waals surface area contributed by atoms with Crippen LogP contribution in [-0.2, 0) is 11.3 Å². The van der Waals surface area contributed by atoms with E-state index in [1.807, 2.05) is 0 Å². The van der Waals surface area contributed by atoms with E-state index in [1.54, 1.807) is 48.3 Å². The minimum Gasteiger partial charge on any atom is -0.371 e. The average molecular weight is 433 g/mol. The van der Waals surface area contributed by atoms with Crippen LogP contribution in [0.2, 0.25) is 0 Å². The number of rotatable bonds is 7. The number of hydrogen-bond acceptors (Lipinski definition) is 7. The zero-order valence-corrected chi connectivity index (χ0v) is 17.2. The Hall–Kier alpha value is -4.08. The van der Waals surface area contributed by atoms with Gasteiger partial charge in [-0.2, -0.15) is 5.10 Å². The molecule has 1 amide bonds. The van der Waals surface area contributed by atoms with Gasteiger partial charge in [0.15, 0.2) is 11.6 Å². The van der Waals surface area contributed by atoms with Crippen LogP contribution in [-0.4, -0.2) is 37.9 Å². The Morgan fingerprint density at radius 3 is 2.81 bits per heavy atom. The third-order valence-electron chi connectivity index (χ3n) is 5.22. The number of aromatic nitrogens is 5. The Bertz CT molecular complexity index is 1270. The van der Waals surface area contributed by atoms with E-state index in [-0.39, 0.29) is 24.2 Å². The van der Waals surface area contributed by atoms with Gasteiger partial charge in [0.05, 0.1) is 18.4 Å². The van der Waals surface area contributed by atoms with Crippen molar-refractivity contribution in [3.63, 3.8) is 0 Å². The third-order valence-corrected chi connectivity index (χ3v) is 5.22. The highest BCUT2D eigenvalue weighted by molar-refractivity contribution is 5.96. The number of carbonyl (C=O) groups is 1. The molecule has 0 atom stereocenters. The van der Waals surface area contributed by atoms with Crippen molar-refractivity contribution in [2.75, 3.05) is 17.7 Å². The number of hydrogen-bond donors (Lipinski definition) is 2. The smallest absolute Gasteiger partial charge is 0.227 e. The highest BCUT2D eigenvalue weighted by Gasteiger charge is 2.30. The van der Waals surface area contributed by atoms with Crippen molar-refractivity contribution >= 4 is 17.4 Å². The van der Waals surface area contributed by atoms with Gasteiger partial charge in [-0.3, -0.25) is 9.48 Å². The molecule has 2 N–H and O–H groups in total. The largest absolute Gasteiger partial charge is 0.371 e. The normalized spacial score (nSPS) is 13.2. The van der Waals surface area contributed by atoms with E-state index < -0.39 is 0 Å². The Labute approximate surface area is 182 Å². The standard InChI is InChI=1S/C22H20FN7O2/c1-24-20-18(26-22(31)13-6-7-13)11-25-21(27-20)17-10-19(16-8-9-32-29-16)30(28-17)12-14-4-2-3-5-15(14)23/h2-5,8-11,13H,6-7,12H2,1H3,(H,26,31)(H,24,25,27). The van der Waals surface area contributed by atoms with Gasteiger partial charge in [-0.15, -0.1) is 0 Å². The lowest BCUT2D eigenvalue weighted by Gasteiger charge is -2.10. The lowest BCUT2D eigenvalue weighted by atomic mass is 10.2. The first kappa shape index (κ1) is 19.9. The fourth-order valence-corrected chi connectivity index (χ4v) is 3.35. The summed E-state index contributed by atoms with van der Waals surface area (Å²) in [7, 11) is 1.72. The molecule has 4 aromatic rings. The lowest BCUT2D eigenvalue weighted by molar-refractivity contribution is -0.117. The van der Waals surface area contributed by atoms with E-state index in [2.05, 4.69) is 30.9 Å². The maximum Gasteiger partial charge on any atom is 0.227 e. The molecule has 10 heteroatoms. The summed E-state index contributed by atoms with van der Waals surface area (Å²) in [5.41, 5.74) is 2.67. The monoisotopic (exact) mass is 433 g/mol. The molecule has 32 heavy (non-hydrogen) atoms. The number of carbonyl (C=O) groups excluding carboxylic acids is 1. The molecule has 0 bridgehead atoms. The molecule has 9 nitrogen and oxygen atoms in total. The average Bonchev–Trinajstić information content (AvgIpc) is 3.36. The molecular formula is C22H20FN7O2. The quantitative estimate of drug-likeness (QED) is 0.458. The minimum atomic E-state index is -0.319. The number of halogens is 1. The SMILES string of the molecule is CNc1nc(-c2cc(-c3ccon3)n(Cc3ccccc3F)n2)ncc1NC(=O)C1CC1. The highest BCUT2D eigenvalue weighted by Crippen LogP contribution is 2.32. The van der Waals surface area contributed by atoms with Gasteiger partial charge >= 0.3 is 0 Å². The van der Waals surface area contributed by atoms with Crippen LogP contribution in [0.3, 0.4) is 0 Å². The van der Waals surface area contributed by atoms with Gasteiger partial charge in [0.25, 0.3) is 0 Å². The molecule has 0 spiro atoms. The molecule has 1 fully saturated rings. The third kappa shape index (κ3) is 3.94. The van der Waals surface area contributed by atoms with Crippen LogP contribution in [0.25, 0.3) is 22.9 Å². The summed E-state index contributed by atoms with van der Waals surface area (Å²) in [4.78, 5) is 21.0. The molecule has 1 aromatic carbocycles. The second-order valence-corrected chi connectivity index (χ2v) is 7.52. The zero-order chi connectivity index (χ0) is 22.1. The number of nitrogens with zero attached hydrogens (tertiary/aromatic N) is 5. The van der Waals surface area contributed by atoms with E-state index in [0.717, 1.165) is 12.8 Å². The Morgan fingerprint density at radius 2 is 2.09 bits per heavy atom. The molecule has 0 aliphatic heterocycles. The van der Waals surface area contributed by atoms with Gasteiger partial charge < -0.3 is 15.2 Å². The molecule has 0 saturated heterocycles. The van der Waals surface area contributed by atoms with Crippen molar-refractivity contribution in [3.8, 4) is 22.9 Å².